The van der Waals surface area contributed by atoms with Crippen LogP contribution >= 0.6 is 0 Å². The van der Waals surface area contributed by atoms with Crippen molar-refractivity contribution in [1.29, 1.82) is 0 Å². The average molecular weight is 282 g/mol. The predicted octanol–water partition coefficient (Wildman–Crippen LogP) is 2.39. The number of methoxy groups -OCH3 is 1. The maximum Gasteiger partial charge on any atom is 0.241 e. The molecule has 1 aliphatic heterocycles. The summed E-state index contributed by atoms with van der Waals surface area (Å²) in [6.07, 6.45) is 7.40. The second-order valence-electron chi connectivity index (χ2n) is 6.40. The van der Waals surface area contributed by atoms with Crippen molar-refractivity contribution in [1.82, 2.24) is 10.2 Å². The maximum absolute atomic E-state index is 12.7. The quantitative estimate of drug-likeness (QED) is 0.729. The van der Waals surface area contributed by atoms with Crippen LogP contribution in [0, 0.1) is 11.8 Å². The molecule has 2 rings (SSSR count). The molecule has 4 heteroatoms. The molecule has 1 saturated carbocycles. The molecule has 0 aromatic heterocycles. The van der Waals surface area contributed by atoms with Gasteiger partial charge in [0.05, 0.1) is 12.2 Å². The lowest BCUT2D eigenvalue weighted by atomic mass is 9.99. The van der Waals surface area contributed by atoms with E-state index in [1.54, 1.807) is 7.11 Å². The number of nitrogens with zero attached hydrogens (tertiary/aromatic N) is 1. The lowest BCUT2D eigenvalue weighted by Crippen LogP contribution is -2.43. The molecule has 0 radical (unpaired) electrons. The van der Waals surface area contributed by atoms with Gasteiger partial charge in [0, 0.05) is 20.3 Å². The molecule has 0 spiro atoms. The standard InChI is InChI=1S/C16H30N2O2/c1-4-12(2)14-16(19)18(10-7-11-20-3)15(17-14)13-8-5-6-9-13/h12-15,17H,4-11H2,1-3H3. The highest BCUT2D eigenvalue weighted by molar-refractivity contribution is 5.84. The number of carbonyl (C=O) groups is 1. The fraction of sp³-hybridized carbons (Fsp3) is 0.938. The van der Waals surface area contributed by atoms with E-state index in [0.717, 1.165) is 26.0 Å². The van der Waals surface area contributed by atoms with Gasteiger partial charge in [-0.2, -0.15) is 0 Å². The zero-order valence-electron chi connectivity index (χ0n) is 13.2. The third-order valence-corrected chi connectivity index (χ3v) is 5.04. The van der Waals surface area contributed by atoms with Gasteiger partial charge in [0.1, 0.15) is 0 Å². The SMILES string of the molecule is CCC(C)C1NC(C2CCCC2)N(CCCOC)C1=O. The predicted molar refractivity (Wildman–Crippen MR) is 80.3 cm³/mol. The van der Waals surface area contributed by atoms with Crippen LogP contribution in [0.4, 0.5) is 0 Å². The molecule has 4 nitrogen and oxygen atoms in total. The first-order valence-electron chi connectivity index (χ1n) is 8.24. The summed E-state index contributed by atoms with van der Waals surface area (Å²) in [5, 5.41) is 3.65. The zero-order chi connectivity index (χ0) is 14.5. The molecule has 0 aromatic rings. The van der Waals surface area contributed by atoms with Crippen molar-refractivity contribution < 1.29 is 9.53 Å². The minimum absolute atomic E-state index is 0.0214. The van der Waals surface area contributed by atoms with Crippen LogP contribution in [0.1, 0.15) is 52.4 Å². The van der Waals surface area contributed by atoms with Gasteiger partial charge in [0.2, 0.25) is 5.91 Å². The molecule has 20 heavy (non-hydrogen) atoms. The van der Waals surface area contributed by atoms with Gasteiger partial charge in [-0.15, -0.1) is 0 Å². The third-order valence-electron chi connectivity index (χ3n) is 5.04. The molecular weight excluding hydrogens is 252 g/mol. The summed E-state index contributed by atoms with van der Waals surface area (Å²) in [4.78, 5) is 14.8. The number of carbonyl (C=O) groups excluding carboxylic acids is 1. The smallest absolute Gasteiger partial charge is 0.241 e. The first kappa shape index (κ1) is 15.8. The Morgan fingerprint density at radius 2 is 2.10 bits per heavy atom. The van der Waals surface area contributed by atoms with Crippen molar-refractivity contribution in [3.63, 3.8) is 0 Å². The molecule has 2 fully saturated rings. The van der Waals surface area contributed by atoms with Crippen LogP contribution < -0.4 is 5.32 Å². The summed E-state index contributed by atoms with van der Waals surface area (Å²) >= 11 is 0. The van der Waals surface area contributed by atoms with Gasteiger partial charge in [-0.05, 0) is 31.1 Å². The molecule has 116 valence electrons. The van der Waals surface area contributed by atoms with Gasteiger partial charge in [0.15, 0.2) is 0 Å². The second-order valence-corrected chi connectivity index (χ2v) is 6.40. The Labute approximate surface area is 123 Å². The van der Waals surface area contributed by atoms with E-state index in [1.807, 2.05) is 0 Å². The number of ether oxygens (including phenoxy) is 1. The molecule has 0 aromatic carbocycles. The first-order chi connectivity index (χ1) is 9.69. The van der Waals surface area contributed by atoms with Crippen molar-refractivity contribution in [3.05, 3.63) is 0 Å². The summed E-state index contributed by atoms with van der Waals surface area (Å²) < 4.78 is 5.13. The zero-order valence-corrected chi connectivity index (χ0v) is 13.2. The van der Waals surface area contributed by atoms with E-state index in [4.69, 9.17) is 4.74 Å². The molecule has 1 amide bonds. The Kier molecular flexibility index (Phi) is 5.85. The Hall–Kier alpha value is -0.610. The molecular formula is C16H30N2O2. The monoisotopic (exact) mass is 282 g/mol. The van der Waals surface area contributed by atoms with Crippen molar-refractivity contribution in [2.75, 3.05) is 20.3 Å². The second kappa shape index (κ2) is 7.41. The van der Waals surface area contributed by atoms with E-state index in [0.29, 0.717) is 17.7 Å². The lowest BCUT2D eigenvalue weighted by molar-refractivity contribution is -0.131. The topological polar surface area (TPSA) is 41.6 Å². The fourth-order valence-corrected chi connectivity index (χ4v) is 3.60. The van der Waals surface area contributed by atoms with Gasteiger partial charge in [-0.3, -0.25) is 10.1 Å². The Balaban J connectivity index is 2.03. The first-order valence-corrected chi connectivity index (χ1v) is 8.24. The summed E-state index contributed by atoms with van der Waals surface area (Å²) in [6.45, 7) is 5.90. The number of rotatable bonds is 7. The molecule has 3 unspecified atom stereocenters. The fourth-order valence-electron chi connectivity index (χ4n) is 3.60. The average Bonchev–Trinajstić information content (AvgIpc) is 3.07. The van der Waals surface area contributed by atoms with E-state index >= 15 is 0 Å². The summed E-state index contributed by atoms with van der Waals surface area (Å²) in [5.41, 5.74) is 0. The third kappa shape index (κ3) is 3.34. The van der Waals surface area contributed by atoms with E-state index < -0.39 is 0 Å². The lowest BCUT2D eigenvalue weighted by Gasteiger charge is -2.29. The highest BCUT2D eigenvalue weighted by Crippen LogP contribution is 2.33. The van der Waals surface area contributed by atoms with Crippen LogP contribution in [0.25, 0.3) is 0 Å². The highest BCUT2D eigenvalue weighted by atomic mass is 16.5. The van der Waals surface area contributed by atoms with Gasteiger partial charge in [-0.25, -0.2) is 0 Å². The highest BCUT2D eigenvalue weighted by Gasteiger charge is 2.44. The van der Waals surface area contributed by atoms with Crippen LogP contribution in [-0.2, 0) is 9.53 Å². The van der Waals surface area contributed by atoms with Gasteiger partial charge in [-0.1, -0.05) is 33.1 Å². The number of amides is 1. The van der Waals surface area contributed by atoms with Crippen molar-refractivity contribution in [2.45, 2.75) is 64.6 Å². The van der Waals surface area contributed by atoms with E-state index in [9.17, 15) is 4.79 Å². The van der Waals surface area contributed by atoms with Gasteiger partial charge in [0.25, 0.3) is 0 Å². The minimum Gasteiger partial charge on any atom is -0.385 e. The van der Waals surface area contributed by atoms with E-state index in [1.165, 1.54) is 25.7 Å². The minimum atomic E-state index is 0.0214. The maximum atomic E-state index is 12.7. The molecule has 1 N–H and O–H groups in total. The largest absolute Gasteiger partial charge is 0.385 e. The Morgan fingerprint density at radius 1 is 1.40 bits per heavy atom. The van der Waals surface area contributed by atoms with Crippen molar-refractivity contribution in [2.24, 2.45) is 11.8 Å². The number of nitrogens with one attached hydrogen (secondary N) is 1. The van der Waals surface area contributed by atoms with Crippen LogP contribution in [-0.4, -0.2) is 43.3 Å². The molecule has 2 aliphatic rings. The van der Waals surface area contributed by atoms with Crippen LogP contribution in [0.5, 0.6) is 0 Å². The molecule has 1 aliphatic carbocycles. The summed E-state index contributed by atoms with van der Waals surface area (Å²) in [5.74, 6) is 1.38. The molecule has 3 atom stereocenters. The van der Waals surface area contributed by atoms with Crippen LogP contribution in [0.15, 0.2) is 0 Å². The summed E-state index contributed by atoms with van der Waals surface area (Å²) in [7, 11) is 1.72. The normalized spacial score (nSPS) is 29.4. The van der Waals surface area contributed by atoms with Crippen molar-refractivity contribution >= 4 is 5.91 Å². The van der Waals surface area contributed by atoms with Crippen molar-refractivity contribution in [3.8, 4) is 0 Å². The summed E-state index contributed by atoms with van der Waals surface area (Å²) in [6, 6.07) is 0.0214. The van der Waals surface area contributed by atoms with Crippen LogP contribution in [0.3, 0.4) is 0 Å². The van der Waals surface area contributed by atoms with E-state index in [2.05, 4.69) is 24.1 Å². The van der Waals surface area contributed by atoms with E-state index in [-0.39, 0.29) is 12.2 Å². The van der Waals surface area contributed by atoms with Gasteiger partial charge < -0.3 is 9.64 Å². The molecule has 0 bridgehead atoms. The number of hydrogen-bond donors (Lipinski definition) is 1. The van der Waals surface area contributed by atoms with Crippen LogP contribution in [0.2, 0.25) is 0 Å². The van der Waals surface area contributed by atoms with Gasteiger partial charge >= 0.3 is 0 Å². The number of hydrogen-bond acceptors (Lipinski definition) is 3. The Morgan fingerprint density at radius 3 is 2.70 bits per heavy atom. The molecule has 1 saturated heterocycles. The molecule has 1 heterocycles. The Bertz CT molecular complexity index is 316.